The summed E-state index contributed by atoms with van der Waals surface area (Å²) in [7, 11) is 2.00. The van der Waals surface area contributed by atoms with Crippen LogP contribution in [-0.2, 0) is 6.42 Å². The Balaban J connectivity index is 1.77. The Kier molecular flexibility index (Phi) is 4.48. The normalized spacial score (nSPS) is 10.9. The number of nitrogens with zero attached hydrogens (tertiary/aromatic N) is 1. The van der Waals surface area contributed by atoms with Crippen molar-refractivity contribution in [2.24, 2.45) is 0 Å². The molecule has 0 atom stereocenters. The van der Waals surface area contributed by atoms with Gasteiger partial charge in [-0.3, -0.25) is 9.69 Å². The number of carbonyl (C=O) groups excluding carboxylic acids is 1. The first-order chi connectivity index (χ1) is 8.25. The Labute approximate surface area is 110 Å². The van der Waals surface area contributed by atoms with Crippen molar-refractivity contribution in [1.29, 1.82) is 0 Å². The van der Waals surface area contributed by atoms with E-state index in [-0.39, 0.29) is 5.78 Å². The predicted octanol–water partition coefficient (Wildman–Crippen LogP) is 3.17. The third-order valence-electron chi connectivity index (χ3n) is 2.53. The lowest BCUT2D eigenvalue weighted by molar-refractivity contribution is 0.0951. The van der Waals surface area contributed by atoms with Gasteiger partial charge < -0.3 is 0 Å². The summed E-state index contributed by atoms with van der Waals surface area (Å²) in [4.78, 5) is 16.2. The molecule has 4 heteroatoms. The molecule has 2 rings (SSSR count). The summed E-state index contributed by atoms with van der Waals surface area (Å²) in [5, 5.41) is 4.03. The molecule has 2 aromatic rings. The molecule has 0 radical (unpaired) electrons. The Morgan fingerprint density at radius 3 is 2.65 bits per heavy atom. The molecule has 0 aromatic carbocycles. The number of hydrogen-bond acceptors (Lipinski definition) is 4. The van der Waals surface area contributed by atoms with Gasteiger partial charge in [-0.15, -0.1) is 22.7 Å². The van der Waals surface area contributed by atoms with Gasteiger partial charge in [0.25, 0.3) is 0 Å². The van der Waals surface area contributed by atoms with Crippen LogP contribution in [0.15, 0.2) is 35.0 Å². The zero-order chi connectivity index (χ0) is 12.1. The fourth-order valence-electron chi connectivity index (χ4n) is 1.60. The lowest BCUT2D eigenvalue weighted by Crippen LogP contribution is -2.27. The summed E-state index contributed by atoms with van der Waals surface area (Å²) in [5.41, 5.74) is 0. The van der Waals surface area contributed by atoms with Crippen molar-refractivity contribution in [3.05, 3.63) is 44.8 Å². The molecule has 0 aliphatic heterocycles. The summed E-state index contributed by atoms with van der Waals surface area (Å²) < 4.78 is 0. The molecule has 0 aliphatic carbocycles. The molecule has 0 aliphatic rings. The lowest BCUT2D eigenvalue weighted by Gasteiger charge is -2.14. The molecule has 0 unspecified atom stereocenters. The Morgan fingerprint density at radius 2 is 2.00 bits per heavy atom. The van der Waals surface area contributed by atoms with E-state index in [1.807, 2.05) is 24.6 Å². The zero-order valence-corrected chi connectivity index (χ0v) is 11.4. The standard InChI is InChI=1S/C13H15NOS2/c1-14(7-6-11-4-2-8-16-11)10-12(15)13-5-3-9-17-13/h2-5,8-9H,6-7,10H2,1H3. The first-order valence-electron chi connectivity index (χ1n) is 5.53. The summed E-state index contributed by atoms with van der Waals surface area (Å²) in [6, 6.07) is 8.01. The van der Waals surface area contributed by atoms with Gasteiger partial charge >= 0.3 is 0 Å². The van der Waals surface area contributed by atoms with Crippen LogP contribution in [0.3, 0.4) is 0 Å². The molecular weight excluding hydrogens is 250 g/mol. The highest BCUT2D eigenvalue weighted by atomic mass is 32.1. The molecule has 2 nitrogen and oxygen atoms in total. The largest absolute Gasteiger partial charge is 0.299 e. The van der Waals surface area contributed by atoms with Gasteiger partial charge in [0, 0.05) is 11.4 Å². The minimum absolute atomic E-state index is 0.216. The number of likely N-dealkylation sites (N-methyl/N-ethyl adjacent to an activating group) is 1. The predicted molar refractivity (Wildman–Crippen MR) is 74.2 cm³/mol. The summed E-state index contributed by atoms with van der Waals surface area (Å²) in [6.07, 6.45) is 1.02. The van der Waals surface area contributed by atoms with Crippen LogP contribution < -0.4 is 0 Å². The molecule has 0 N–H and O–H groups in total. The van der Waals surface area contributed by atoms with Crippen molar-refractivity contribution >= 4 is 28.5 Å². The smallest absolute Gasteiger partial charge is 0.186 e. The van der Waals surface area contributed by atoms with Gasteiger partial charge in [0.1, 0.15) is 0 Å². The summed E-state index contributed by atoms with van der Waals surface area (Å²) in [6.45, 7) is 1.43. The molecule has 0 saturated carbocycles. The maximum Gasteiger partial charge on any atom is 0.186 e. The third kappa shape index (κ3) is 3.77. The van der Waals surface area contributed by atoms with E-state index in [4.69, 9.17) is 0 Å². The van der Waals surface area contributed by atoms with Crippen molar-refractivity contribution in [2.45, 2.75) is 6.42 Å². The van der Waals surface area contributed by atoms with Crippen LogP contribution in [0.1, 0.15) is 14.5 Å². The van der Waals surface area contributed by atoms with Gasteiger partial charge in [-0.2, -0.15) is 0 Å². The van der Waals surface area contributed by atoms with Gasteiger partial charge in [0.05, 0.1) is 11.4 Å². The second-order valence-corrected chi connectivity index (χ2v) is 5.95. The number of hydrogen-bond donors (Lipinski definition) is 0. The molecule has 0 fully saturated rings. The van der Waals surface area contributed by atoms with E-state index in [1.165, 1.54) is 16.2 Å². The second kappa shape index (κ2) is 6.10. The van der Waals surface area contributed by atoms with Gasteiger partial charge in [0.15, 0.2) is 5.78 Å². The van der Waals surface area contributed by atoms with E-state index < -0.39 is 0 Å². The van der Waals surface area contributed by atoms with Crippen LogP contribution in [0.2, 0.25) is 0 Å². The average molecular weight is 265 g/mol. The van der Waals surface area contributed by atoms with E-state index in [2.05, 4.69) is 22.4 Å². The fourth-order valence-corrected chi connectivity index (χ4v) is 2.95. The molecule has 0 spiro atoms. The number of ketones is 1. The van der Waals surface area contributed by atoms with Crippen molar-refractivity contribution in [2.75, 3.05) is 20.1 Å². The highest BCUT2D eigenvalue weighted by Gasteiger charge is 2.10. The van der Waals surface area contributed by atoms with Gasteiger partial charge in [-0.25, -0.2) is 0 Å². The van der Waals surface area contributed by atoms with Crippen LogP contribution in [0.5, 0.6) is 0 Å². The van der Waals surface area contributed by atoms with Crippen molar-refractivity contribution in [3.8, 4) is 0 Å². The van der Waals surface area contributed by atoms with E-state index in [1.54, 1.807) is 11.3 Å². The van der Waals surface area contributed by atoms with Crippen molar-refractivity contribution < 1.29 is 4.79 Å². The Hall–Kier alpha value is -0.970. The molecule has 2 heterocycles. The van der Waals surface area contributed by atoms with E-state index in [9.17, 15) is 4.79 Å². The Morgan fingerprint density at radius 1 is 1.24 bits per heavy atom. The first-order valence-corrected chi connectivity index (χ1v) is 7.29. The number of rotatable bonds is 6. The molecular formula is C13H15NOS2. The number of thiophene rings is 2. The van der Waals surface area contributed by atoms with E-state index >= 15 is 0 Å². The monoisotopic (exact) mass is 265 g/mol. The van der Waals surface area contributed by atoms with Crippen LogP contribution in [0.25, 0.3) is 0 Å². The van der Waals surface area contributed by atoms with Gasteiger partial charge in [0.2, 0.25) is 0 Å². The SMILES string of the molecule is CN(CCc1cccs1)CC(=O)c1cccs1. The quantitative estimate of drug-likeness (QED) is 0.748. The van der Waals surface area contributed by atoms with E-state index in [0.29, 0.717) is 6.54 Å². The highest BCUT2D eigenvalue weighted by molar-refractivity contribution is 7.12. The van der Waals surface area contributed by atoms with Crippen molar-refractivity contribution in [3.63, 3.8) is 0 Å². The average Bonchev–Trinajstić information content (AvgIpc) is 2.99. The van der Waals surface area contributed by atoms with Crippen LogP contribution in [0, 0.1) is 0 Å². The molecule has 2 aromatic heterocycles. The van der Waals surface area contributed by atoms with Gasteiger partial charge in [-0.05, 0) is 36.4 Å². The van der Waals surface area contributed by atoms with E-state index in [0.717, 1.165) is 17.8 Å². The molecule has 0 saturated heterocycles. The summed E-state index contributed by atoms with van der Waals surface area (Å²) >= 11 is 3.29. The molecule has 0 amide bonds. The molecule has 90 valence electrons. The maximum atomic E-state index is 11.8. The van der Waals surface area contributed by atoms with Crippen LogP contribution in [0.4, 0.5) is 0 Å². The summed E-state index contributed by atoms with van der Waals surface area (Å²) in [5.74, 6) is 0.216. The van der Waals surface area contributed by atoms with Crippen LogP contribution in [-0.4, -0.2) is 30.8 Å². The van der Waals surface area contributed by atoms with Crippen molar-refractivity contribution in [1.82, 2.24) is 4.90 Å². The van der Waals surface area contributed by atoms with Gasteiger partial charge in [-0.1, -0.05) is 12.1 Å². The fraction of sp³-hybridized carbons (Fsp3) is 0.308. The Bertz CT molecular complexity index is 448. The van der Waals surface area contributed by atoms with Crippen LogP contribution >= 0.6 is 22.7 Å². The number of Topliss-reactive ketones (excluding diaryl/α,β-unsaturated/α-hetero) is 1. The minimum atomic E-state index is 0.216. The number of carbonyl (C=O) groups is 1. The molecule has 17 heavy (non-hydrogen) atoms. The third-order valence-corrected chi connectivity index (χ3v) is 4.38. The minimum Gasteiger partial charge on any atom is -0.299 e. The maximum absolute atomic E-state index is 11.8. The lowest BCUT2D eigenvalue weighted by atomic mass is 10.3. The first kappa shape index (κ1) is 12.5. The molecule has 0 bridgehead atoms. The topological polar surface area (TPSA) is 20.3 Å². The second-order valence-electron chi connectivity index (χ2n) is 3.97. The zero-order valence-electron chi connectivity index (χ0n) is 9.76. The highest BCUT2D eigenvalue weighted by Crippen LogP contribution is 2.11.